The molecule has 0 aromatic heterocycles. The monoisotopic (exact) mass is 145 g/mol. The first-order chi connectivity index (χ1) is 4.20. The van der Waals surface area contributed by atoms with Gasteiger partial charge in [-0.05, 0) is 19.1 Å². The molecule has 0 radical (unpaired) electrons. The molecule has 0 amide bonds. The molecular formula is C7H8NNaO. The van der Waals surface area contributed by atoms with Gasteiger partial charge in [0.25, 0.3) is 0 Å². The van der Waals surface area contributed by atoms with Crippen LogP contribution < -0.4 is 40.4 Å². The molecule has 2 nitrogen and oxygen atoms in total. The van der Waals surface area contributed by atoms with Crippen molar-refractivity contribution in [1.82, 2.24) is 0 Å². The fourth-order valence-corrected chi connectivity index (χ4v) is 0.617. The Kier molecular flexibility index (Phi) is 3.79. The summed E-state index contributed by atoms with van der Waals surface area (Å²) in [6.45, 7) is 1.77. The summed E-state index contributed by atoms with van der Waals surface area (Å²) >= 11 is 0. The summed E-state index contributed by atoms with van der Waals surface area (Å²) in [5, 5.41) is 10.8. The van der Waals surface area contributed by atoms with Crippen LogP contribution in [-0.4, -0.2) is 0 Å². The van der Waals surface area contributed by atoms with Gasteiger partial charge in [0, 0.05) is 5.69 Å². The average Bonchev–Trinajstić information content (AvgIpc) is 1.80. The number of aryl methyl sites for hydroxylation is 1. The molecular weight excluding hydrogens is 137 g/mol. The summed E-state index contributed by atoms with van der Waals surface area (Å²) in [5.74, 6) is 0.00926. The van der Waals surface area contributed by atoms with Gasteiger partial charge in [0.15, 0.2) is 0 Å². The van der Waals surface area contributed by atoms with Crippen LogP contribution in [0.4, 0.5) is 5.69 Å². The van der Waals surface area contributed by atoms with Crippen molar-refractivity contribution in [3.05, 3.63) is 23.8 Å². The zero-order chi connectivity index (χ0) is 6.85. The Hall–Kier alpha value is -0.180. The maximum Gasteiger partial charge on any atom is 1.00 e. The Balaban J connectivity index is 0.000000810. The van der Waals surface area contributed by atoms with Gasteiger partial charge in [0.2, 0.25) is 0 Å². The Bertz CT molecular complexity index is 225. The minimum atomic E-state index is 0. The third-order valence-corrected chi connectivity index (χ3v) is 1.21. The third kappa shape index (κ3) is 2.21. The van der Waals surface area contributed by atoms with Gasteiger partial charge in [-0.25, -0.2) is 0 Å². The van der Waals surface area contributed by atoms with Gasteiger partial charge in [-0.1, -0.05) is 11.6 Å². The van der Waals surface area contributed by atoms with Gasteiger partial charge in [-0.15, -0.1) is 5.75 Å². The van der Waals surface area contributed by atoms with E-state index in [2.05, 4.69) is 0 Å². The van der Waals surface area contributed by atoms with Crippen molar-refractivity contribution in [2.24, 2.45) is 0 Å². The summed E-state index contributed by atoms with van der Waals surface area (Å²) < 4.78 is 0. The normalized spacial score (nSPS) is 8.50. The number of nitrogen functional groups attached to an aromatic ring is 1. The van der Waals surface area contributed by atoms with E-state index in [0.717, 1.165) is 5.56 Å². The number of benzene rings is 1. The summed E-state index contributed by atoms with van der Waals surface area (Å²) in [7, 11) is 0. The van der Waals surface area contributed by atoms with E-state index in [1.54, 1.807) is 19.1 Å². The van der Waals surface area contributed by atoms with E-state index in [1.807, 2.05) is 0 Å². The predicted molar refractivity (Wildman–Crippen MR) is 35.0 cm³/mol. The van der Waals surface area contributed by atoms with Crippen LogP contribution in [0, 0.1) is 6.92 Å². The topological polar surface area (TPSA) is 49.1 Å². The fourth-order valence-electron chi connectivity index (χ4n) is 0.617. The maximum absolute atomic E-state index is 10.8. The van der Waals surface area contributed by atoms with Crippen LogP contribution in [0.2, 0.25) is 0 Å². The van der Waals surface area contributed by atoms with E-state index in [1.165, 1.54) is 6.07 Å². The molecule has 1 aromatic rings. The molecule has 0 unspecified atom stereocenters. The largest absolute Gasteiger partial charge is 1.00 e. The smallest absolute Gasteiger partial charge is 0.872 e. The molecule has 0 saturated heterocycles. The number of rotatable bonds is 0. The molecule has 2 N–H and O–H groups in total. The van der Waals surface area contributed by atoms with Crippen molar-refractivity contribution in [2.75, 3.05) is 5.73 Å². The molecule has 0 bridgehead atoms. The van der Waals surface area contributed by atoms with Gasteiger partial charge in [-0.3, -0.25) is 0 Å². The van der Waals surface area contributed by atoms with Crippen LogP contribution in [0.25, 0.3) is 0 Å². The predicted octanol–water partition coefficient (Wildman–Crippen LogP) is -2.35. The van der Waals surface area contributed by atoms with Crippen LogP contribution in [0.3, 0.4) is 0 Å². The van der Waals surface area contributed by atoms with E-state index >= 15 is 0 Å². The Morgan fingerprint density at radius 2 is 2.00 bits per heavy atom. The number of nitrogens with two attached hydrogens (primary N) is 1. The first-order valence-electron chi connectivity index (χ1n) is 2.73. The van der Waals surface area contributed by atoms with Crippen LogP contribution in [-0.2, 0) is 0 Å². The SMILES string of the molecule is Cc1ccc(N)cc1[O-].[Na+]. The van der Waals surface area contributed by atoms with Gasteiger partial charge in [0.1, 0.15) is 0 Å². The summed E-state index contributed by atoms with van der Waals surface area (Å²) in [4.78, 5) is 0. The average molecular weight is 145 g/mol. The van der Waals surface area contributed by atoms with Crippen molar-refractivity contribution in [1.29, 1.82) is 0 Å². The zero-order valence-corrected chi connectivity index (χ0v) is 8.22. The summed E-state index contributed by atoms with van der Waals surface area (Å²) in [6, 6.07) is 4.86. The van der Waals surface area contributed by atoms with E-state index in [4.69, 9.17) is 5.73 Å². The molecule has 3 heteroatoms. The minimum absolute atomic E-state index is 0. The number of hydrogen-bond donors (Lipinski definition) is 1. The Morgan fingerprint density at radius 1 is 1.40 bits per heavy atom. The Morgan fingerprint density at radius 3 is 2.40 bits per heavy atom. The maximum atomic E-state index is 10.8. The molecule has 0 heterocycles. The first kappa shape index (κ1) is 9.82. The first-order valence-corrected chi connectivity index (χ1v) is 2.73. The fraction of sp³-hybridized carbons (Fsp3) is 0.143. The Labute approximate surface area is 82.3 Å². The summed E-state index contributed by atoms with van der Waals surface area (Å²) in [5.41, 5.74) is 6.60. The molecule has 0 aliphatic carbocycles. The molecule has 1 rings (SSSR count). The minimum Gasteiger partial charge on any atom is -0.872 e. The van der Waals surface area contributed by atoms with Crippen molar-refractivity contribution in [3.63, 3.8) is 0 Å². The van der Waals surface area contributed by atoms with E-state index in [-0.39, 0.29) is 35.3 Å². The molecule has 1 aromatic carbocycles. The van der Waals surface area contributed by atoms with Gasteiger partial charge >= 0.3 is 29.6 Å². The molecule has 0 fully saturated rings. The molecule has 10 heavy (non-hydrogen) atoms. The van der Waals surface area contributed by atoms with Crippen LogP contribution >= 0.6 is 0 Å². The van der Waals surface area contributed by atoms with E-state index < -0.39 is 0 Å². The molecule has 0 saturated carbocycles. The van der Waals surface area contributed by atoms with Crippen LogP contribution in [0.5, 0.6) is 5.75 Å². The standard InChI is InChI=1S/C7H9NO.Na/c1-5-2-3-6(8)4-7(5)9;/h2-4,9H,8H2,1H3;/q;+1/p-1. The number of hydrogen-bond acceptors (Lipinski definition) is 2. The number of anilines is 1. The molecule has 48 valence electrons. The van der Waals surface area contributed by atoms with E-state index in [0.29, 0.717) is 5.69 Å². The van der Waals surface area contributed by atoms with Crippen molar-refractivity contribution in [2.45, 2.75) is 6.92 Å². The molecule has 0 spiro atoms. The molecule has 0 aliphatic heterocycles. The quantitative estimate of drug-likeness (QED) is 0.328. The van der Waals surface area contributed by atoms with Gasteiger partial charge < -0.3 is 10.8 Å². The second kappa shape index (κ2) is 3.86. The van der Waals surface area contributed by atoms with Crippen molar-refractivity contribution >= 4 is 5.69 Å². The third-order valence-electron chi connectivity index (χ3n) is 1.21. The van der Waals surface area contributed by atoms with Crippen molar-refractivity contribution in [3.8, 4) is 5.75 Å². The van der Waals surface area contributed by atoms with Gasteiger partial charge in [-0.2, -0.15) is 0 Å². The summed E-state index contributed by atoms with van der Waals surface area (Å²) in [6.07, 6.45) is 0. The second-order valence-electron chi connectivity index (χ2n) is 2.02. The van der Waals surface area contributed by atoms with E-state index in [9.17, 15) is 5.11 Å². The van der Waals surface area contributed by atoms with Crippen LogP contribution in [0.15, 0.2) is 18.2 Å². The second-order valence-corrected chi connectivity index (χ2v) is 2.02. The van der Waals surface area contributed by atoms with Gasteiger partial charge in [0.05, 0.1) is 0 Å². The van der Waals surface area contributed by atoms with Crippen molar-refractivity contribution < 1.29 is 34.7 Å². The zero-order valence-electron chi connectivity index (χ0n) is 6.22. The molecule has 0 aliphatic rings. The van der Waals surface area contributed by atoms with Crippen LogP contribution in [0.1, 0.15) is 5.56 Å². The molecule has 0 atom stereocenters.